The molecule has 2 fully saturated rings. The Morgan fingerprint density at radius 3 is 1.64 bits per heavy atom. The molecular formula is C33H66. The molecule has 0 bridgehead atoms. The zero-order chi connectivity index (χ0) is 24.8. The molecule has 0 amide bonds. The van der Waals surface area contributed by atoms with Gasteiger partial charge in [0.05, 0.1) is 0 Å². The van der Waals surface area contributed by atoms with Crippen LogP contribution in [0.3, 0.4) is 0 Å². The van der Waals surface area contributed by atoms with Crippen molar-refractivity contribution in [2.45, 2.75) is 159 Å². The molecule has 0 nitrogen and oxygen atoms in total. The minimum absolute atomic E-state index is 0.855. The van der Waals surface area contributed by atoms with Gasteiger partial charge in [0, 0.05) is 0 Å². The molecule has 0 aliphatic heterocycles. The Kier molecular flexibility index (Phi) is 16.4. The average Bonchev–Trinajstić information content (AvgIpc) is 3.48. The number of rotatable bonds is 14. The molecule has 0 aromatic rings. The lowest BCUT2D eigenvalue weighted by Gasteiger charge is -2.30. The normalized spacial score (nSPS) is 25.2. The fourth-order valence-corrected chi connectivity index (χ4v) is 7.30. The lowest BCUT2D eigenvalue weighted by Crippen LogP contribution is -2.21. The van der Waals surface area contributed by atoms with E-state index >= 15 is 0 Å². The van der Waals surface area contributed by atoms with Crippen LogP contribution in [0.15, 0.2) is 0 Å². The lowest BCUT2D eigenvalue weighted by molar-refractivity contribution is 0.197. The van der Waals surface area contributed by atoms with Crippen molar-refractivity contribution in [1.29, 1.82) is 0 Å². The van der Waals surface area contributed by atoms with Gasteiger partial charge >= 0.3 is 0 Å². The van der Waals surface area contributed by atoms with Crippen molar-refractivity contribution in [2.24, 2.45) is 53.3 Å². The SMILES string of the molecule is CC1CCCC1.CCC(CC)CCC(CC)CC(C)C1CCC(C(C)C(CC)CC(C)C)C1. The first-order chi connectivity index (χ1) is 15.7. The van der Waals surface area contributed by atoms with Crippen molar-refractivity contribution < 1.29 is 0 Å². The summed E-state index contributed by atoms with van der Waals surface area (Å²) in [6, 6.07) is 0. The Balaban J connectivity index is 0.000000779. The second-order valence-corrected chi connectivity index (χ2v) is 13.1. The second-order valence-electron chi connectivity index (χ2n) is 13.1. The minimum Gasteiger partial charge on any atom is -0.0651 e. The summed E-state index contributed by atoms with van der Waals surface area (Å²) in [7, 11) is 0. The van der Waals surface area contributed by atoms with Gasteiger partial charge in [0.15, 0.2) is 0 Å². The summed E-state index contributed by atoms with van der Waals surface area (Å²) in [5.41, 5.74) is 0. The first kappa shape index (κ1) is 31.0. The van der Waals surface area contributed by atoms with Crippen LogP contribution >= 0.6 is 0 Å². The van der Waals surface area contributed by atoms with Gasteiger partial charge < -0.3 is 0 Å². The Hall–Kier alpha value is 0. The molecule has 198 valence electrons. The maximum absolute atomic E-state index is 2.59. The van der Waals surface area contributed by atoms with E-state index in [1.807, 2.05) is 0 Å². The quantitative estimate of drug-likeness (QED) is 0.241. The molecule has 0 heterocycles. The van der Waals surface area contributed by atoms with Crippen molar-refractivity contribution in [1.82, 2.24) is 0 Å². The average molecular weight is 463 g/mol. The van der Waals surface area contributed by atoms with Crippen molar-refractivity contribution in [2.75, 3.05) is 0 Å². The fraction of sp³-hybridized carbons (Fsp3) is 1.00. The molecule has 2 aliphatic rings. The van der Waals surface area contributed by atoms with Gasteiger partial charge in [0.2, 0.25) is 0 Å². The third-order valence-electron chi connectivity index (χ3n) is 10.2. The monoisotopic (exact) mass is 463 g/mol. The van der Waals surface area contributed by atoms with Crippen LogP contribution in [0.4, 0.5) is 0 Å². The Morgan fingerprint density at radius 2 is 1.18 bits per heavy atom. The van der Waals surface area contributed by atoms with E-state index in [-0.39, 0.29) is 0 Å². The van der Waals surface area contributed by atoms with E-state index in [4.69, 9.17) is 0 Å². The summed E-state index contributed by atoms with van der Waals surface area (Å²) in [5, 5.41) is 0. The van der Waals surface area contributed by atoms with Crippen LogP contribution in [0.1, 0.15) is 159 Å². The topological polar surface area (TPSA) is 0 Å². The lowest BCUT2D eigenvalue weighted by atomic mass is 9.75. The maximum Gasteiger partial charge on any atom is -0.0383 e. The van der Waals surface area contributed by atoms with E-state index in [2.05, 4.69) is 62.3 Å². The highest BCUT2D eigenvalue weighted by Gasteiger charge is 2.34. The Labute approximate surface area is 211 Å². The van der Waals surface area contributed by atoms with Gasteiger partial charge in [-0.1, -0.05) is 127 Å². The predicted octanol–water partition coefficient (Wildman–Crippen LogP) is 11.6. The minimum atomic E-state index is 0.855. The van der Waals surface area contributed by atoms with Gasteiger partial charge in [0.1, 0.15) is 0 Å². The number of hydrogen-bond acceptors (Lipinski definition) is 0. The third-order valence-corrected chi connectivity index (χ3v) is 10.2. The smallest absolute Gasteiger partial charge is 0.0383 e. The van der Waals surface area contributed by atoms with Crippen LogP contribution in [0.2, 0.25) is 0 Å². The maximum atomic E-state index is 2.59. The molecule has 0 spiro atoms. The van der Waals surface area contributed by atoms with Crippen molar-refractivity contribution >= 4 is 0 Å². The van der Waals surface area contributed by atoms with Crippen molar-refractivity contribution in [3.8, 4) is 0 Å². The van der Waals surface area contributed by atoms with Crippen LogP contribution in [-0.4, -0.2) is 0 Å². The summed E-state index contributed by atoms with van der Waals surface area (Å²) >= 11 is 0. The van der Waals surface area contributed by atoms with E-state index < -0.39 is 0 Å². The van der Waals surface area contributed by atoms with Crippen molar-refractivity contribution in [3.63, 3.8) is 0 Å². The fourth-order valence-electron chi connectivity index (χ4n) is 7.30. The van der Waals surface area contributed by atoms with E-state index in [0.29, 0.717) is 0 Å². The van der Waals surface area contributed by atoms with Gasteiger partial charge in [-0.3, -0.25) is 0 Å². The molecule has 33 heavy (non-hydrogen) atoms. The summed E-state index contributed by atoms with van der Waals surface area (Å²) in [4.78, 5) is 0. The first-order valence-electron chi connectivity index (χ1n) is 15.7. The highest BCUT2D eigenvalue weighted by Crippen LogP contribution is 2.45. The summed E-state index contributed by atoms with van der Waals surface area (Å²) < 4.78 is 0. The molecule has 0 radical (unpaired) electrons. The van der Waals surface area contributed by atoms with Gasteiger partial charge in [-0.2, -0.15) is 0 Å². The largest absolute Gasteiger partial charge is 0.0651 e. The van der Waals surface area contributed by atoms with E-state index in [1.165, 1.54) is 96.3 Å². The van der Waals surface area contributed by atoms with Crippen LogP contribution in [-0.2, 0) is 0 Å². The van der Waals surface area contributed by atoms with E-state index in [9.17, 15) is 0 Å². The highest BCUT2D eigenvalue weighted by molar-refractivity contribution is 4.85. The van der Waals surface area contributed by atoms with E-state index in [0.717, 1.165) is 53.3 Å². The zero-order valence-corrected chi connectivity index (χ0v) is 24.8. The molecule has 0 heteroatoms. The van der Waals surface area contributed by atoms with Crippen molar-refractivity contribution in [3.05, 3.63) is 0 Å². The molecular weight excluding hydrogens is 396 g/mol. The molecule has 0 saturated heterocycles. The Bertz CT molecular complexity index is 441. The molecule has 2 aliphatic carbocycles. The predicted molar refractivity (Wildman–Crippen MR) is 152 cm³/mol. The van der Waals surface area contributed by atoms with Crippen LogP contribution in [0.25, 0.3) is 0 Å². The highest BCUT2D eigenvalue weighted by atomic mass is 14.4. The van der Waals surface area contributed by atoms with Gasteiger partial charge in [-0.05, 0) is 85.4 Å². The first-order valence-corrected chi connectivity index (χ1v) is 15.7. The molecule has 0 aromatic carbocycles. The third kappa shape index (κ3) is 12.0. The molecule has 0 N–H and O–H groups in total. The van der Waals surface area contributed by atoms with Gasteiger partial charge in [-0.25, -0.2) is 0 Å². The molecule has 2 saturated carbocycles. The van der Waals surface area contributed by atoms with Crippen LogP contribution in [0, 0.1) is 53.3 Å². The summed E-state index contributed by atoms with van der Waals surface area (Å²) in [5.74, 6) is 8.69. The van der Waals surface area contributed by atoms with Crippen LogP contribution < -0.4 is 0 Å². The molecule has 0 aromatic heterocycles. The van der Waals surface area contributed by atoms with Crippen LogP contribution in [0.5, 0.6) is 0 Å². The summed E-state index contributed by atoms with van der Waals surface area (Å²) in [6.45, 7) is 21.9. The molecule has 2 rings (SSSR count). The zero-order valence-electron chi connectivity index (χ0n) is 24.8. The summed E-state index contributed by atoms with van der Waals surface area (Å²) in [6.07, 6.45) is 21.9. The second kappa shape index (κ2) is 17.4. The molecule has 6 atom stereocenters. The standard InChI is InChI=1S/C27H54.C6H12/c1-9-23(10-2)13-14-24(11-3)18-21(7)26-15-16-27(19-26)22(8)25(12-4)17-20(5)6;1-6-4-2-3-5-6/h20-27H,9-19H2,1-8H3;6H,2-5H2,1H3. The van der Waals surface area contributed by atoms with Gasteiger partial charge in [-0.15, -0.1) is 0 Å². The Morgan fingerprint density at radius 1 is 0.636 bits per heavy atom. The van der Waals surface area contributed by atoms with E-state index in [1.54, 1.807) is 0 Å². The number of hydrogen-bond donors (Lipinski definition) is 0. The molecule has 6 unspecified atom stereocenters. The van der Waals surface area contributed by atoms with Gasteiger partial charge in [0.25, 0.3) is 0 Å².